The van der Waals surface area contributed by atoms with E-state index in [-0.39, 0.29) is 72.0 Å². The maximum atomic E-state index is 16.1. The average Bonchev–Trinajstić information content (AvgIpc) is 3.95. The molecule has 0 unspecified atom stereocenters. The Hall–Kier alpha value is -6.69. The number of nitrogens with one attached hydrogen (secondary N) is 1. The number of ketones is 2. The van der Waals surface area contributed by atoms with Crippen LogP contribution in [0.1, 0.15) is 79.7 Å². The smallest absolute Gasteiger partial charge is 0.276 e. The van der Waals surface area contributed by atoms with Gasteiger partial charge in [-0.25, -0.2) is 14.4 Å². The number of halogens is 1. The molecule has 5 heterocycles. The van der Waals surface area contributed by atoms with Gasteiger partial charge in [0.15, 0.2) is 17.4 Å². The summed E-state index contributed by atoms with van der Waals surface area (Å²) in [6.07, 6.45) is 3.53. The van der Waals surface area contributed by atoms with Gasteiger partial charge in [0.25, 0.3) is 11.8 Å². The number of ether oxygens (including phenoxy) is 3. The van der Waals surface area contributed by atoms with Gasteiger partial charge in [-0.2, -0.15) is 10.2 Å². The Kier molecular flexibility index (Phi) is 11.4. The Bertz CT molecular complexity index is 2660. The zero-order chi connectivity index (χ0) is 42.1. The number of nitrogens with two attached hydrogens (primary N) is 1. The predicted octanol–water partition coefficient (Wildman–Crippen LogP) is 4.84. The van der Waals surface area contributed by atoms with Gasteiger partial charge in [-0.3, -0.25) is 33.9 Å². The standard InChI is InChI=1S/C41H45FN10O7/c1-7-51-29(13-22(3)47-51)31(54)18-34-44-28-15-26(24(5)53)16-32(57-6)37(28)49(34)11-9-10-12-50-38-33(59-21-25-19-58-20-25)17-27(39(43)55)35(42)36(38)45-41(50)46-40(56)30-14-23(4)48-52(30)8-2/h9-10,13-17,25H,7-8,11-12,18-21H2,1-6H3,(H2,43,55)(H,45,46,56)/b10-9+. The van der Waals surface area contributed by atoms with Crippen molar-refractivity contribution in [1.29, 1.82) is 0 Å². The predicted molar refractivity (Wildman–Crippen MR) is 215 cm³/mol. The lowest BCUT2D eigenvalue weighted by Crippen LogP contribution is -2.32. The number of Topliss-reactive ketones (excluding diaryl/α,β-unsaturated/α-hetero) is 2. The molecule has 0 saturated carbocycles. The summed E-state index contributed by atoms with van der Waals surface area (Å²) in [7, 11) is 1.49. The number of aryl methyl sites for hydroxylation is 4. The maximum absolute atomic E-state index is 16.1. The fourth-order valence-corrected chi connectivity index (χ4v) is 7.11. The van der Waals surface area contributed by atoms with Crippen LogP contribution in [0.3, 0.4) is 0 Å². The minimum Gasteiger partial charge on any atom is -0.494 e. The van der Waals surface area contributed by atoms with Crippen molar-refractivity contribution in [2.45, 2.75) is 67.2 Å². The Balaban J connectivity index is 1.29. The van der Waals surface area contributed by atoms with Crippen molar-refractivity contribution < 1.29 is 37.8 Å². The molecule has 3 N–H and O–H groups in total. The molecule has 2 amide bonds. The van der Waals surface area contributed by atoms with Crippen LogP contribution in [0.15, 0.2) is 42.5 Å². The molecule has 6 aromatic rings. The van der Waals surface area contributed by atoms with Crippen molar-refractivity contribution in [3.05, 3.63) is 88.0 Å². The molecule has 1 fully saturated rings. The van der Waals surface area contributed by atoms with E-state index in [9.17, 15) is 19.2 Å². The van der Waals surface area contributed by atoms with E-state index in [1.54, 1.807) is 51.2 Å². The number of fused-ring (bicyclic) bond motifs is 2. The number of hydrogen-bond acceptors (Lipinski definition) is 11. The number of hydrogen-bond donors (Lipinski definition) is 2. The van der Waals surface area contributed by atoms with E-state index in [2.05, 4.69) is 20.5 Å². The second-order valence-electron chi connectivity index (χ2n) is 14.3. The SMILES string of the molecule is CCn1nc(C)cc1C(=O)Cc1nc2cc(C(C)=O)cc(OC)c2n1C/C=C/Cn1c(NC(=O)c2cc(C)nn2CC)nc2c(F)c(C(N)=O)cc(OCC3COC3)c21. The Morgan fingerprint density at radius 1 is 0.915 bits per heavy atom. The van der Waals surface area contributed by atoms with Gasteiger partial charge in [-0.15, -0.1) is 0 Å². The van der Waals surface area contributed by atoms with Crippen molar-refractivity contribution in [3.63, 3.8) is 0 Å². The lowest BCUT2D eigenvalue weighted by atomic mass is 10.1. The van der Waals surface area contributed by atoms with Gasteiger partial charge in [0, 0.05) is 37.7 Å². The van der Waals surface area contributed by atoms with E-state index in [1.165, 1.54) is 20.1 Å². The molecule has 0 radical (unpaired) electrons. The van der Waals surface area contributed by atoms with Crippen LogP contribution in [-0.4, -0.2) is 89.0 Å². The highest BCUT2D eigenvalue weighted by molar-refractivity contribution is 6.04. The van der Waals surface area contributed by atoms with Crippen LogP contribution in [0.25, 0.3) is 22.1 Å². The number of allylic oxidation sites excluding steroid dienone is 2. The second kappa shape index (κ2) is 16.7. The van der Waals surface area contributed by atoms with Gasteiger partial charge in [0.1, 0.15) is 45.3 Å². The minimum absolute atomic E-state index is 0.0193. The summed E-state index contributed by atoms with van der Waals surface area (Å²) in [5.41, 5.74) is 8.65. The van der Waals surface area contributed by atoms with E-state index in [0.717, 1.165) is 0 Å². The zero-order valence-electron chi connectivity index (χ0n) is 33.7. The number of imidazole rings is 2. The average molecular weight is 809 g/mol. The lowest BCUT2D eigenvalue weighted by Gasteiger charge is -2.26. The number of rotatable bonds is 17. The topological polar surface area (TPSA) is 205 Å². The first-order chi connectivity index (χ1) is 28.3. The third-order valence-corrected chi connectivity index (χ3v) is 10.1. The number of aromatic nitrogens is 8. The third kappa shape index (κ3) is 7.95. The van der Waals surface area contributed by atoms with Gasteiger partial charge in [0.2, 0.25) is 5.95 Å². The molecule has 1 aliphatic rings. The molecule has 1 aliphatic heterocycles. The van der Waals surface area contributed by atoms with Crippen LogP contribution in [0.2, 0.25) is 0 Å². The molecule has 0 spiro atoms. The normalized spacial score (nSPS) is 13.1. The molecule has 59 heavy (non-hydrogen) atoms. The highest BCUT2D eigenvalue weighted by atomic mass is 19.1. The van der Waals surface area contributed by atoms with Crippen LogP contribution in [-0.2, 0) is 37.3 Å². The summed E-state index contributed by atoms with van der Waals surface area (Å²) in [5.74, 6) is -1.84. The van der Waals surface area contributed by atoms with E-state index in [4.69, 9.17) is 24.9 Å². The van der Waals surface area contributed by atoms with Crippen LogP contribution in [0.4, 0.5) is 10.3 Å². The minimum atomic E-state index is -1.01. The first-order valence-electron chi connectivity index (χ1n) is 19.2. The second-order valence-corrected chi connectivity index (χ2v) is 14.3. The summed E-state index contributed by atoms with van der Waals surface area (Å²) in [6.45, 7) is 11.2. The number of primary amides is 1. The van der Waals surface area contributed by atoms with E-state index < -0.39 is 23.2 Å². The van der Waals surface area contributed by atoms with Crippen LogP contribution in [0.5, 0.6) is 11.5 Å². The molecule has 7 rings (SSSR count). The maximum Gasteiger partial charge on any atom is 0.276 e. The highest BCUT2D eigenvalue weighted by Crippen LogP contribution is 2.35. The van der Waals surface area contributed by atoms with Crippen LogP contribution < -0.4 is 20.5 Å². The van der Waals surface area contributed by atoms with E-state index >= 15 is 4.39 Å². The first kappa shape index (κ1) is 40.5. The molecular formula is C41H45FN10O7. The van der Waals surface area contributed by atoms with Crippen molar-refractivity contribution in [2.75, 3.05) is 32.2 Å². The third-order valence-electron chi connectivity index (χ3n) is 10.1. The van der Waals surface area contributed by atoms with Crippen LogP contribution in [0, 0.1) is 25.6 Å². The molecule has 17 nitrogen and oxygen atoms in total. The summed E-state index contributed by atoms with van der Waals surface area (Å²) in [4.78, 5) is 61.6. The molecule has 2 aromatic carbocycles. The molecule has 308 valence electrons. The number of anilines is 1. The number of nitrogens with zero attached hydrogens (tertiary/aromatic N) is 8. The van der Waals surface area contributed by atoms with Gasteiger partial charge < -0.3 is 29.1 Å². The highest BCUT2D eigenvalue weighted by Gasteiger charge is 2.28. The van der Waals surface area contributed by atoms with Gasteiger partial charge in [-0.1, -0.05) is 12.2 Å². The fourth-order valence-electron chi connectivity index (χ4n) is 7.11. The van der Waals surface area contributed by atoms with Crippen molar-refractivity contribution in [2.24, 2.45) is 11.7 Å². The largest absolute Gasteiger partial charge is 0.494 e. The zero-order valence-corrected chi connectivity index (χ0v) is 33.7. The van der Waals surface area contributed by atoms with Crippen molar-refractivity contribution >= 4 is 51.4 Å². The van der Waals surface area contributed by atoms with Crippen molar-refractivity contribution in [1.82, 2.24) is 38.7 Å². The molecule has 0 aliphatic carbocycles. The molecule has 1 saturated heterocycles. The summed E-state index contributed by atoms with van der Waals surface area (Å²) >= 11 is 0. The van der Waals surface area contributed by atoms with Crippen LogP contribution >= 0.6 is 0 Å². The lowest BCUT2D eigenvalue weighted by molar-refractivity contribution is -0.0507. The number of benzene rings is 2. The van der Waals surface area contributed by atoms with Gasteiger partial charge in [-0.05, 0) is 65.0 Å². The van der Waals surface area contributed by atoms with E-state index in [1.807, 2.05) is 31.4 Å². The molecular weight excluding hydrogens is 764 g/mol. The summed E-state index contributed by atoms with van der Waals surface area (Å²) < 4.78 is 39.9. The van der Waals surface area contributed by atoms with Gasteiger partial charge in [0.05, 0.1) is 55.8 Å². The number of amides is 2. The first-order valence-corrected chi connectivity index (χ1v) is 19.2. The quantitative estimate of drug-likeness (QED) is 0.0942. The monoisotopic (exact) mass is 808 g/mol. The Labute approximate surface area is 337 Å². The number of carbonyl (C=O) groups excluding carboxylic acids is 4. The van der Waals surface area contributed by atoms with Gasteiger partial charge >= 0.3 is 0 Å². The Morgan fingerprint density at radius 3 is 2.19 bits per heavy atom. The number of methoxy groups -OCH3 is 1. The molecule has 4 aromatic heterocycles. The fraction of sp³-hybridized carbons (Fsp3) is 0.366. The molecule has 0 bridgehead atoms. The molecule has 0 atom stereocenters. The summed E-state index contributed by atoms with van der Waals surface area (Å²) in [5, 5.41) is 11.6. The molecule has 18 heteroatoms. The van der Waals surface area contributed by atoms with E-state index in [0.29, 0.717) is 71.6 Å². The Morgan fingerprint density at radius 2 is 1.58 bits per heavy atom. The number of carbonyl (C=O) groups is 4. The van der Waals surface area contributed by atoms with Crippen molar-refractivity contribution in [3.8, 4) is 11.5 Å². The summed E-state index contributed by atoms with van der Waals surface area (Å²) in [6, 6.07) is 7.92.